The van der Waals surface area contributed by atoms with Gasteiger partial charge in [0, 0.05) is 57.0 Å². The van der Waals surface area contributed by atoms with Gasteiger partial charge in [-0.05, 0) is 67.7 Å². The van der Waals surface area contributed by atoms with Crippen molar-refractivity contribution in [3.05, 3.63) is 46.6 Å². The van der Waals surface area contributed by atoms with E-state index in [1.54, 1.807) is 17.0 Å². The highest BCUT2D eigenvalue weighted by atomic mass is 79.9. The van der Waals surface area contributed by atoms with Gasteiger partial charge < -0.3 is 39.8 Å². The van der Waals surface area contributed by atoms with Gasteiger partial charge in [0.25, 0.3) is 0 Å². The van der Waals surface area contributed by atoms with E-state index in [0.29, 0.717) is 64.8 Å². The Morgan fingerprint density at radius 1 is 1.06 bits per heavy atom. The van der Waals surface area contributed by atoms with Gasteiger partial charge in [-0.3, -0.25) is 4.31 Å². The molecule has 0 bridgehead atoms. The van der Waals surface area contributed by atoms with Gasteiger partial charge in [-0.25, -0.2) is 23.0 Å². The molecule has 2 aliphatic rings. The second kappa shape index (κ2) is 14.0. The first-order valence-electron chi connectivity index (χ1n) is 15.8. The number of carbonyl (C=O) groups is 2. The molecule has 270 valence electrons. The predicted octanol–water partition coefficient (Wildman–Crippen LogP) is 5.46. The van der Waals surface area contributed by atoms with Crippen LogP contribution in [0.3, 0.4) is 0 Å². The Morgan fingerprint density at radius 2 is 1.74 bits per heavy atom. The fourth-order valence-electron chi connectivity index (χ4n) is 5.96. The number of aromatic nitrogens is 2. The number of halogens is 1. The predicted molar refractivity (Wildman–Crippen MR) is 194 cm³/mol. The van der Waals surface area contributed by atoms with E-state index in [4.69, 9.17) is 14.2 Å². The molecule has 0 unspecified atom stereocenters. The lowest BCUT2D eigenvalue weighted by Crippen LogP contribution is -2.62. The number of phenolic OH excluding ortho intramolecular Hbond substituents is 1. The molecule has 5 rings (SSSR count). The maximum Gasteiger partial charge on any atom is 0.410 e. The van der Waals surface area contributed by atoms with Crippen LogP contribution in [0.1, 0.15) is 44.0 Å². The van der Waals surface area contributed by atoms with E-state index < -0.39 is 21.6 Å². The Morgan fingerprint density at radius 3 is 2.34 bits per heavy atom. The van der Waals surface area contributed by atoms with Crippen molar-refractivity contribution in [1.29, 1.82) is 0 Å². The van der Waals surface area contributed by atoms with Crippen LogP contribution in [0.15, 0.2) is 41.0 Å². The van der Waals surface area contributed by atoms with Crippen molar-refractivity contribution >= 4 is 72.5 Å². The smallest absolute Gasteiger partial charge is 0.410 e. The van der Waals surface area contributed by atoms with Gasteiger partial charge >= 0.3 is 12.1 Å². The molecule has 50 heavy (non-hydrogen) atoms. The number of anilines is 6. The second-order valence-electron chi connectivity index (χ2n) is 13.5. The minimum absolute atomic E-state index is 0.0101. The molecule has 3 N–H and O–H groups in total. The molecular weight excluding hydrogens is 734 g/mol. The summed E-state index contributed by atoms with van der Waals surface area (Å²) in [7, 11) is 0.576. The van der Waals surface area contributed by atoms with Gasteiger partial charge in [0.2, 0.25) is 16.0 Å². The van der Waals surface area contributed by atoms with Crippen LogP contribution in [0.25, 0.3) is 0 Å². The summed E-state index contributed by atoms with van der Waals surface area (Å²) in [6, 6.07) is 7.69. The number of hydrogen-bond donors (Lipinski definition) is 3. The molecule has 0 saturated carbocycles. The Labute approximate surface area is 300 Å². The zero-order valence-corrected chi connectivity index (χ0v) is 31.4. The number of ether oxygens (including phenoxy) is 3. The van der Waals surface area contributed by atoms with Gasteiger partial charge in [-0.2, -0.15) is 4.98 Å². The van der Waals surface area contributed by atoms with Gasteiger partial charge in [-0.1, -0.05) is 0 Å². The monoisotopic (exact) mass is 775 g/mol. The van der Waals surface area contributed by atoms with Crippen LogP contribution < -0.4 is 24.6 Å². The number of carbonyl (C=O) groups excluding carboxylic acids is 2. The maximum atomic E-state index is 13.1. The molecular formula is C33H42BrN7O8S. The number of esters is 1. The zero-order chi connectivity index (χ0) is 36.6. The third-order valence-corrected chi connectivity index (χ3v) is 10.4. The molecule has 0 atom stereocenters. The zero-order valence-electron chi connectivity index (χ0n) is 29.0. The van der Waals surface area contributed by atoms with Gasteiger partial charge in [0.15, 0.2) is 0 Å². The molecule has 15 nitrogen and oxygen atoms in total. The van der Waals surface area contributed by atoms with E-state index in [1.807, 2.05) is 20.8 Å². The lowest BCUT2D eigenvalue weighted by atomic mass is 9.72. The Balaban J connectivity index is 1.36. The Hall–Kier alpha value is -4.51. The first kappa shape index (κ1) is 36.8. The van der Waals surface area contributed by atoms with Crippen molar-refractivity contribution in [2.75, 3.05) is 73.5 Å². The fourth-order valence-corrected chi connectivity index (χ4v) is 6.75. The quantitative estimate of drug-likeness (QED) is 0.185. The van der Waals surface area contributed by atoms with Crippen molar-refractivity contribution in [3.63, 3.8) is 0 Å². The summed E-state index contributed by atoms with van der Waals surface area (Å²) in [6.45, 7) is 8.17. The molecule has 2 aliphatic heterocycles. The maximum absolute atomic E-state index is 13.1. The normalized spacial score (nSPS) is 15.6. The molecule has 1 aromatic heterocycles. The molecule has 2 saturated heterocycles. The lowest BCUT2D eigenvalue weighted by Gasteiger charge is -2.54. The van der Waals surface area contributed by atoms with E-state index in [9.17, 15) is 23.1 Å². The van der Waals surface area contributed by atoms with Crippen molar-refractivity contribution < 1.29 is 37.3 Å². The first-order valence-corrected chi connectivity index (χ1v) is 18.4. The summed E-state index contributed by atoms with van der Waals surface area (Å²) in [6.07, 6.45) is 3.94. The van der Waals surface area contributed by atoms with Crippen LogP contribution in [0.4, 0.5) is 39.3 Å². The minimum atomic E-state index is -3.64. The molecule has 3 heterocycles. The van der Waals surface area contributed by atoms with Gasteiger partial charge in [0.1, 0.15) is 22.9 Å². The van der Waals surface area contributed by atoms with Crippen molar-refractivity contribution in [3.8, 4) is 11.5 Å². The molecule has 1 spiro atoms. The Bertz CT molecular complexity index is 1890. The number of piperidine rings is 1. The highest BCUT2D eigenvalue weighted by molar-refractivity contribution is 9.10. The lowest BCUT2D eigenvalue weighted by molar-refractivity contribution is -0.0434. The summed E-state index contributed by atoms with van der Waals surface area (Å²) in [5.41, 5.74) is 1.42. The minimum Gasteiger partial charge on any atom is -0.508 e. The van der Waals surface area contributed by atoms with E-state index in [0.717, 1.165) is 23.4 Å². The van der Waals surface area contributed by atoms with Gasteiger partial charge in [0.05, 0.1) is 53.3 Å². The number of aromatic hydroxyl groups is 1. The van der Waals surface area contributed by atoms with Crippen LogP contribution in [-0.2, 0) is 19.5 Å². The topological polar surface area (TPSA) is 176 Å². The number of amides is 1. The molecule has 0 radical (unpaired) electrons. The third-order valence-electron chi connectivity index (χ3n) is 8.65. The summed E-state index contributed by atoms with van der Waals surface area (Å²) in [5.74, 6) is 0.237. The van der Waals surface area contributed by atoms with Crippen LogP contribution in [0, 0.1) is 5.41 Å². The Kier molecular flexibility index (Phi) is 10.3. The van der Waals surface area contributed by atoms with Crippen LogP contribution >= 0.6 is 15.9 Å². The summed E-state index contributed by atoms with van der Waals surface area (Å²) >= 11 is 3.44. The number of nitrogens with one attached hydrogen (secondary N) is 2. The number of benzene rings is 2. The summed E-state index contributed by atoms with van der Waals surface area (Å²) in [4.78, 5) is 38.4. The summed E-state index contributed by atoms with van der Waals surface area (Å²) < 4.78 is 42.5. The number of likely N-dealkylation sites (tertiary alicyclic amines) is 1. The number of rotatable bonds is 9. The largest absolute Gasteiger partial charge is 0.508 e. The van der Waals surface area contributed by atoms with Gasteiger partial charge in [-0.15, -0.1) is 0 Å². The number of hydrogen-bond acceptors (Lipinski definition) is 13. The van der Waals surface area contributed by atoms with Crippen LogP contribution in [0.5, 0.6) is 11.5 Å². The van der Waals surface area contributed by atoms with Crippen molar-refractivity contribution in [2.24, 2.45) is 5.41 Å². The van der Waals surface area contributed by atoms with E-state index in [1.165, 1.54) is 45.7 Å². The standard InChI is InChI=1S/C33H42BrN7O8S/c1-32(2,3)49-31(44)41-18-33(19-41)10-12-40(13-11-33)25-16-27(47-5)24(15-21(25)29(43)48-6)37-30-35-17-22(34)28(38-30)36-23-9-8-20(42)14-26(23)39(4)50(7,45)46/h8-9,14-17,42H,10-13,18-19H2,1-7H3,(H2,35,36,37,38). The molecule has 17 heteroatoms. The van der Waals surface area contributed by atoms with E-state index in [-0.39, 0.29) is 28.9 Å². The summed E-state index contributed by atoms with van der Waals surface area (Å²) in [5, 5.41) is 16.3. The van der Waals surface area contributed by atoms with Crippen LogP contribution in [-0.4, -0.2) is 99.8 Å². The highest BCUT2D eigenvalue weighted by Gasteiger charge is 2.48. The molecule has 3 aromatic rings. The number of nitrogens with zero attached hydrogens (tertiary/aromatic N) is 5. The first-order chi connectivity index (χ1) is 23.4. The van der Waals surface area contributed by atoms with E-state index in [2.05, 4.69) is 41.4 Å². The van der Waals surface area contributed by atoms with E-state index >= 15 is 0 Å². The average Bonchev–Trinajstić information content (AvgIpc) is 3.03. The molecule has 2 fully saturated rings. The highest BCUT2D eigenvalue weighted by Crippen LogP contribution is 2.44. The SMILES string of the molecule is COC(=O)c1cc(Nc2ncc(Br)c(Nc3ccc(O)cc3N(C)S(C)(=O)=O)n2)c(OC)cc1N1CCC2(CC1)CN(C(=O)OC(C)(C)C)C2. The number of phenols is 1. The molecule has 0 aliphatic carbocycles. The second-order valence-corrected chi connectivity index (χ2v) is 16.3. The van der Waals surface area contributed by atoms with Crippen molar-refractivity contribution in [1.82, 2.24) is 14.9 Å². The fraction of sp³-hybridized carbons (Fsp3) is 0.455. The number of methoxy groups -OCH3 is 2. The molecule has 2 aromatic carbocycles. The third kappa shape index (κ3) is 8.09. The number of sulfonamides is 1. The molecule has 1 amide bonds. The van der Waals surface area contributed by atoms with Crippen LogP contribution in [0.2, 0.25) is 0 Å². The average molecular weight is 777 g/mol. The van der Waals surface area contributed by atoms with Crippen molar-refractivity contribution in [2.45, 2.75) is 39.2 Å².